The van der Waals surface area contributed by atoms with Gasteiger partial charge in [-0.25, -0.2) is 0 Å². The van der Waals surface area contributed by atoms with E-state index in [4.69, 9.17) is 27.9 Å². The van der Waals surface area contributed by atoms with Crippen molar-refractivity contribution in [1.29, 1.82) is 0 Å². The second kappa shape index (κ2) is 7.53. The van der Waals surface area contributed by atoms with Gasteiger partial charge in [-0.15, -0.1) is 0 Å². The topological polar surface area (TPSA) is 21.3 Å². The third-order valence-corrected chi connectivity index (χ3v) is 3.64. The van der Waals surface area contributed by atoms with Crippen molar-refractivity contribution in [1.82, 2.24) is 5.32 Å². The smallest absolute Gasteiger partial charge is 0.119 e. The van der Waals surface area contributed by atoms with Crippen molar-refractivity contribution in [3.05, 3.63) is 63.6 Å². The van der Waals surface area contributed by atoms with Crippen LogP contribution in [0, 0.1) is 0 Å². The molecule has 0 heterocycles. The zero-order chi connectivity index (χ0) is 14.4. The summed E-state index contributed by atoms with van der Waals surface area (Å²) in [5, 5.41) is 4.79. The van der Waals surface area contributed by atoms with E-state index in [9.17, 15) is 0 Å². The van der Waals surface area contributed by atoms with E-state index in [1.165, 1.54) is 5.56 Å². The molecule has 0 aliphatic rings. The van der Waals surface area contributed by atoms with E-state index in [2.05, 4.69) is 11.4 Å². The van der Waals surface area contributed by atoms with Crippen molar-refractivity contribution in [3.63, 3.8) is 0 Å². The Morgan fingerprint density at radius 3 is 2.70 bits per heavy atom. The van der Waals surface area contributed by atoms with Crippen LogP contribution in [0.1, 0.15) is 11.1 Å². The minimum atomic E-state index is 0.670. The van der Waals surface area contributed by atoms with Gasteiger partial charge in [0, 0.05) is 16.6 Å². The lowest BCUT2D eigenvalue weighted by Gasteiger charge is -2.08. The highest BCUT2D eigenvalue weighted by molar-refractivity contribution is 6.35. The van der Waals surface area contributed by atoms with Gasteiger partial charge in [0.25, 0.3) is 0 Å². The van der Waals surface area contributed by atoms with Crippen molar-refractivity contribution in [3.8, 4) is 5.75 Å². The quantitative estimate of drug-likeness (QED) is 0.802. The molecule has 20 heavy (non-hydrogen) atoms. The maximum Gasteiger partial charge on any atom is 0.119 e. The van der Waals surface area contributed by atoms with Gasteiger partial charge in [-0.2, -0.15) is 0 Å². The maximum atomic E-state index is 6.14. The molecule has 0 bridgehead atoms. The number of ether oxygens (including phenoxy) is 1. The summed E-state index contributed by atoms with van der Waals surface area (Å²) >= 11 is 12.0. The van der Waals surface area contributed by atoms with Gasteiger partial charge in [-0.05, 0) is 48.4 Å². The van der Waals surface area contributed by atoms with Gasteiger partial charge in [-0.3, -0.25) is 0 Å². The summed E-state index contributed by atoms with van der Waals surface area (Å²) < 4.78 is 5.20. The summed E-state index contributed by atoms with van der Waals surface area (Å²) in [7, 11) is 1.68. The van der Waals surface area contributed by atoms with Crippen molar-refractivity contribution >= 4 is 23.2 Å². The molecule has 0 amide bonds. The van der Waals surface area contributed by atoms with Crippen LogP contribution in [-0.2, 0) is 13.0 Å². The molecule has 0 spiro atoms. The molecule has 0 saturated heterocycles. The molecule has 0 saturated carbocycles. The van der Waals surface area contributed by atoms with Crippen LogP contribution in [0.5, 0.6) is 5.75 Å². The number of nitrogens with one attached hydrogen (secondary N) is 1. The molecule has 0 aromatic heterocycles. The predicted octanol–water partition coefficient (Wildman–Crippen LogP) is 4.33. The predicted molar refractivity (Wildman–Crippen MR) is 84.9 cm³/mol. The Morgan fingerprint density at radius 1 is 1.10 bits per heavy atom. The number of halogens is 2. The van der Waals surface area contributed by atoms with Crippen LogP contribution in [0.2, 0.25) is 10.0 Å². The number of benzene rings is 2. The van der Waals surface area contributed by atoms with Crippen molar-refractivity contribution in [2.24, 2.45) is 0 Å². The van der Waals surface area contributed by atoms with Gasteiger partial charge in [0.05, 0.1) is 7.11 Å². The molecule has 0 fully saturated rings. The van der Waals surface area contributed by atoms with Crippen LogP contribution < -0.4 is 10.1 Å². The average Bonchev–Trinajstić information content (AvgIpc) is 2.45. The summed E-state index contributed by atoms with van der Waals surface area (Å²) in [6.07, 6.45) is 0.875. The van der Waals surface area contributed by atoms with Gasteiger partial charge in [0.1, 0.15) is 5.75 Å². The summed E-state index contributed by atoms with van der Waals surface area (Å²) in [5.74, 6) is 0.880. The molecular formula is C16H17Cl2NO. The molecule has 1 N–H and O–H groups in total. The largest absolute Gasteiger partial charge is 0.497 e. The Hall–Kier alpha value is -1.22. The zero-order valence-corrected chi connectivity index (χ0v) is 12.8. The Balaban J connectivity index is 1.81. The van der Waals surface area contributed by atoms with Crippen LogP contribution in [0.25, 0.3) is 0 Å². The lowest BCUT2D eigenvalue weighted by atomic mass is 10.1. The Bertz CT molecular complexity index is 572. The molecule has 106 valence electrons. The highest BCUT2D eigenvalue weighted by atomic mass is 35.5. The van der Waals surface area contributed by atoms with E-state index in [0.29, 0.717) is 5.02 Å². The van der Waals surface area contributed by atoms with E-state index >= 15 is 0 Å². The summed E-state index contributed by atoms with van der Waals surface area (Å²) in [6, 6.07) is 13.7. The lowest BCUT2D eigenvalue weighted by molar-refractivity contribution is 0.414. The fraction of sp³-hybridized carbons (Fsp3) is 0.250. The summed E-state index contributed by atoms with van der Waals surface area (Å²) in [4.78, 5) is 0. The van der Waals surface area contributed by atoms with Gasteiger partial charge in [0.15, 0.2) is 0 Å². The molecule has 0 unspecified atom stereocenters. The van der Waals surface area contributed by atoms with E-state index in [-0.39, 0.29) is 0 Å². The molecule has 0 radical (unpaired) electrons. The lowest BCUT2D eigenvalue weighted by Crippen LogP contribution is -2.16. The zero-order valence-electron chi connectivity index (χ0n) is 11.3. The molecule has 4 heteroatoms. The van der Waals surface area contributed by atoms with Gasteiger partial charge >= 0.3 is 0 Å². The van der Waals surface area contributed by atoms with Crippen LogP contribution in [-0.4, -0.2) is 13.7 Å². The average molecular weight is 310 g/mol. The standard InChI is InChI=1S/C16H17Cl2NO/c1-20-15-4-2-3-12(9-15)11-19-8-7-13-5-6-14(17)10-16(13)18/h2-6,9-10,19H,7-8,11H2,1H3. The van der Waals surface area contributed by atoms with Crippen LogP contribution in [0.3, 0.4) is 0 Å². The Kier molecular flexibility index (Phi) is 5.72. The second-order valence-corrected chi connectivity index (χ2v) is 5.36. The fourth-order valence-corrected chi connectivity index (χ4v) is 2.47. The van der Waals surface area contributed by atoms with Gasteiger partial charge in [-0.1, -0.05) is 41.4 Å². The van der Waals surface area contributed by atoms with Crippen molar-refractivity contribution in [2.45, 2.75) is 13.0 Å². The second-order valence-electron chi connectivity index (χ2n) is 4.51. The minimum absolute atomic E-state index is 0.670. The third-order valence-electron chi connectivity index (χ3n) is 3.05. The molecule has 2 aromatic carbocycles. The minimum Gasteiger partial charge on any atom is -0.497 e. The van der Waals surface area contributed by atoms with E-state index < -0.39 is 0 Å². The first-order valence-corrected chi connectivity index (χ1v) is 7.22. The SMILES string of the molecule is COc1cccc(CNCCc2ccc(Cl)cc2Cl)c1. The first-order chi connectivity index (χ1) is 9.69. The number of rotatable bonds is 6. The number of hydrogen-bond acceptors (Lipinski definition) is 2. The Labute approximate surface area is 129 Å². The normalized spacial score (nSPS) is 10.6. The first kappa shape index (κ1) is 15.2. The summed E-state index contributed by atoms with van der Waals surface area (Å²) in [6.45, 7) is 1.67. The molecule has 2 rings (SSSR count). The fourth-order valence-electron chi connectivity index (χ4n) is 1.96. The van der Waals surface area contributed by atoms with Crippen molar-refractivity contribution < 1.29 is 4.74 Å². The van der Waals surface area contributed by atoms with Crippen LogP contribution >= 0.6 is 23.2 Å². The molecule has 0 atom stereocenters. The Morgan fingerprint density at radius 2 is 1.95 bits per heavy atom. The van der Waals surface area contributed by atoms with E-state index in [0.717, 1.165) is 35.8 Å². The van der Waals surface area contributed by atoms with Gasteiger partial charge in [0.2, 0.25) is 0 Å². The third kappa shape index (κ3) is 4.41. The van der Waals surface area contributed by atoms with Crippen LogP contribution in [0.15, 0.2) is 42.5 Å². The molecule has 2 aromatic rings. The van der Waals surface area contributed by atoms with E-state index in [1.54, 1.807) is 13.2 Å². The van der Waals surface area contributed by atoms with Gasteiger partial charge < -0.3 is 10.1 Å². The van der Waals surface area contributed by atoms with Crippen LogP contribution in [0.4, 0.5) is 0 Å². The first-order valence-electron chi connectivity index (χ1n) is 6.46. The van der Waals surface area contributed by atoms with Crippen molar-refractivity contribution in [2.75, 3.05) is 13.7 Å². The monoisotopic (exact) mass is 309 g/mol. The number of methoxy groups -OCH3 is 1. The molecule has 0 aliphatic heterocycles. The van der Waals surface area contributed by atoms with E-state index in [1.807, 2.05) is 30.3 Å². The molecular weight excluding hydrogens is 293 g/mol. The highest BCUT2D eigenvalue weighted by Crippen LogP contribution is 2.21. The highest BCUT2D eigenvalue weighted by Gasteiger charge is 2.01. The molecule has 2 nitrogen and oxygen atoms in total. The maximum absolute atomic E-state index is 6.14. The summed E-state index contributed by atoms with van der Waals surface area (Å²) in [5.41, 5.74) is 2.31. The molecule has 0 aliphatic carbocycles. The number of hydrogen-bond donors (Lipinski definition) is 1.